The quantitative estimate of drug-likeness (QED) is 0.122. The zero-order chi connectivity index (χ0) is 84.7. The number of hydrogen-bond donors (Lipinski definition) is 0. The van der Waals surface area contributed by atoms with Crippen LogP contribution in [0.1, 0.15) is 0 Å². The molecule has 4 heterocycles. The second-order valence-corrected chi connectivity index (χ2v) is 35.6. The molecule has 23 aromatic carbocycles. The Morgan fingerprint density at radius 1 is 0.123 bits per heavy atom. The van der Waals surface area contributed by atoms with Crippen LogP contribution in [-0.2, 0) is 0 Å². The second kappa shape index (κ2) is 27.2. The molecule has 0 radical (unpaired) electrons. The molecule has 0 bridgehead atoms. The van der Waals surface area contributed by atoms with Gasteiger partial charge in [-0.05, 0) is 299 Å². The van der Waals surface area contributed by atoms with Crippen LogP contribution in [-0.4, -0.2) is 18.3 Å². The van der Waals surface area contributed by atoms with E-state index in [-0.39, 0.29) is 0 Å². The van der Waals surface area contributed by atoms with Gasteiger partial charge < -0.3 is 18.3 Å². The molecular weight excluding hydrogens is 1570 g/mol. The van der Waals surface area contributed by atoms with Crippen molar-refractivity contribution >= 4 is 152 Å². The lowest BCUT2D eigenvalue weighted by atomic mass is 9.81. The van der Waals surface area contributed by atoms with Crippen LogP contribution < -0.4 is 0 Å². The summed E-state index contributed by atoms with van der Waals surface area (Å²) in [4.78, 5) is 0. The Bertz CT molecular complexity index is 9670. The molecule has 130 heavy (non-hydrogen) atoms. The third-order valence-corrected chi connectivity index (χ3v) is 29.0. The molecule has 598 valence electrons. The summed E-state index contributed by atoms with van der Waals surface area (Å²) < 4.78 is 9.89. The van der Waals surface area contributed by atoms with Crippen molar-refractivity contribution in [3.8, 4) is 134 Å². The molecule has 4 nitrogen and oxygen atoms in total. The summed E-state index contributed by atoms with van der Waals surface area (Å²) in [6.07, 6.45) is 0. The zero-order valence-electron chi connectivity index (χ0n) is 70.5. The van der Waals surface area contributed by atoms with Crippen molar-refractivity contribution in [3.63, 3.8) is 0 Å². The van der Waals surface area contributed by atoms with E-state index < -0.39 is 0 Å². The van der Waals surface area contributed by atoms with Gasteiger partial charge in [0.2, 0.25) is 0 Å². The maximum absolute atomic E-state index is 2.51. The van der Waals surface area contributed by atoms with Crippen LogP contribution in [0.3, 0.4) is 0 Å². The van der Waals surface area contributed by atoms with E-state index in [9.17, 15) is 0 Å². The predicted molar refractivity (Wildman–Crippen MR) is 550 cm³/mol. The highest BCUT2D eigenvalue weighted by Crippen LogP contribution is 2.59. The topological polar surface area (TPSA) is 19.7 Å². The van der Waals surface area contributed by atoms with Crippen LogP contribution in [0.4, 0.5) is 0 Å². The standard InChI is InChI=1S/C126H74N4/c1-3-22-80-66-88(44-42-75(80)20-1)106-74-105(123(89-45-43-76-21-2-4-23-81(76)67-89)126-104-37-18-26-79-25-17-36-103(122(79)104)125(106)126)78-48-57-91(58-49-78)128-113-39-14-10-31-97(113)109-70-84(52-62-118(109)128)83-51-61-117-108(69-83)96-30-9-13-38-112(96)127(117)90-55-46-77(47-56-90)82-50-59-94-101-60-65-116(102-35-19-34-100(124(101)102)107(94)68-82)129-114-40-15-11-32-98(114)110-71-85(53-63-119(110)129)86-54-64-120-111(72-86)99-33-12-16-41-115(99)130(120)121-73-87-24-5-6-27-92(87)93-28-7-8-29-95(93)121/h1-74H. The summed E-state index contributed by atoms with van der Waals surface area (Å²) in [6.45, 7) is 0. The van der Waals surface area contributed by atoms with Gasteiger partial charge in [-0.25, -0.2) is 0 Å². The van der Waals surface area contributed by atoms with Crippen LogP contribution in [0.2, 0.25) is 0 Å². The van der Waals surface area contributed by atoms with E-state index >= 15 is 0 Å². The van der Waals surface area contributed by atoms with Crippen molar-refractivity contribution in [1.29, 1.82) is 0 Å². The number of para-hydroxylation sites is 4. The van der Waals surface area contributed by atoms with Crippen molar-refractivity contribution in [2.45, 2.75) is 0 Å². The number of aromatic nitrogens is 4. The Kier molecular flexibility index (Phi) is 14.9. The lowest BCUT2D eigenvalue weighted by Gasteiger charge is -2.21. The van der Waals surface area contributed by atoms with Crippen molar-refractivity contribution in [2.24, 2.45) is 0 Å². The van der Waals surface area contributed by atoms with E-state index in [0.717, 1.165) is 11.4 Å². The number of nitrogens with zero attached hydrogens (tertiary/aromatic N) is 4. The summed E-state index contributed by atoms with van der Waals surface area (Å²) in [5, 5.41) is 24.9. The smallest absolute Gasteiger partial charge is 0.0546 e. The largest absolute Gasteiger partial charge is 0.309 e. The predicted octanol–water partition coefficient (Wildman–Crippen LogP) is 34.3. The van der Waals surface area contributed by atoms with Gasteiger partial charge in [-0.3, -0.25) is 0 Å². The molecule has 0 unspecified atom stereocenters. The highest BCUT2D eigenvalue weighted by Gasteiger charge is 2.33. The molecule has 0 saturated carbocycles. The first-order chi connectivity index (χ1) is 64.5. The third kappa shape index (κ3) is 10.3. The zero-order valence-corrected chi connectivity index (χ0v) is 70.5. The first-order valence-electron chi connectivity index (χ1n) is 45.2. The lowest BCUT2D eigenvalue weighted by molar-refractivity contribution is 1.18. The minimum absolute atomic E-state index is 1.11. The number of benzene rings is 23. The normalized spacial score (nSPS) is 12.3. The van der Waals surface area contributed by atoms with Gasteiger partial charge in [-0.15, -0.1) is 0 Å². The average Bonchev–Trinajstić information content (AvgIpc) is 1.52. The summed E-state index contributed by atoms with van der Waals surface area (Å²) in [5.41, 5.74) is 38.7. The molecule has 27 aromatic rings. The highest BCUT2D eigenvalue weighted by molar-refractivity contribution is 6.25. The molecule has 4 aromatic heterocycles. The summed E-state index contributed by atoms with van der Waals surface area (Å²) in [5.74, 6) is 0. The SMILES string of the molecule is c1ccc2cc(-c3cc(-c4ccc(-n5c6ccccc6c6cc(-c7ccc8c(c7)c7ccccc7n8-c7ccc(-c8ccc9c(c8)-c8cccc%10c(-n%11c%12ccccc%12c%12cc(-c%13ccc%14c(c%13)c%13ccccc%13n%14-c%13cc%14ccccc%14c%14ccccc%13%14)ccc%12%11)ccc-9c8%10)cc7)ccc65)cc4)c(-c4ccc5ccccc5c4)c4c3-c3cccc5cccc-4c35)ccc2c1. The van der Waals surface area contributed by atoms with Gasteiger partial charge in [0.05, 0.1) is 55.5 Å². The maximum Gasteiger partial charge on any atom is 0.0546 e. The molecule has 0 saturated heterocycles. The Morgan fingerprint density at radius 3 is 1.06 bits per heavy atom. The third-order valence-electron chi connectivity index (χ3n) is 29.0. The van der Waals surface area contributed by atoms with E-state index in [2.05, 4.69) is 467 Å². The molecule has 0 aliphatic heterocycles. The lowest BCUT2D eigenvalue weighted by Crippen LogP contribution is -1.96. The minimum Gasteiger partial charge on any atom is -0.309 e. The van der Waals surface area contributed by atoms with Crippen molar-refractivity contribution < 1.29 is 0 Å². The van der Waals surface area contributed by atoms with E-state index in [1.807, 2.05) is 0 Å². The van der Waals surface area contributed by atoms with Crippen LogP contribution in [0.25, 0.3) is 286 Å². The molecule has 29 rings (SSSR count). The first kappa shape index (κ1) is 71.1. The van der Waals surface area contributed by atoms with Gasteiger partial charge in [0.25, 0.3) is 0 Å². The first-order valence-corrected chi connectivity index (χ1v) is 45.2. The summed E-state index contributed by atoms with van der Waals surface area (Å²) in [7, 11) is 0. The van der Waals surface area contributed by atoms with Crippen molar-refractivity contribution in [2.75, 3.05) is 0 Å². The molecule has 4 heteroatoms. The molecule has 0 spiro atoms. The van der Waals surface area contributed by atoms with Gasteiger partial charge >= 0.3 is 0 Å². The summed E-state index contributed by atoms with van der Waals surface area (Å²) in [6, 6.07) is 169. The average molecular weight is 1640 g/mol. The van der Waals surface area contributed by atoms with E-state index in [4.69, 9.17) is 0 Å². The Labute approximate surface area is 747 Å². The van der Waals surface area contributed by atoms with E-state index in [0.29, 0.717) is 0 Å². The van der Waals surface area contributed by atoms with Crippen LogP contribution in [0.15, 0.2) is 449 Å². The number of hydrogen-bond acceptors (Lipinski definition) is 0. The number of rotatable bonds is 10. The van der Waals surface area contributed by atoms with Crippen molar-refractivity contribution in [3.05, 3.63) is 449 Å². The Balaban J connectivity index is 0.483. The molecule has 0 fully saturated rings. The molecule has 0 amide bonds. The monoisotopic (exact) mass is 1640 g/mol. The van der Waals surface area contributed by atoms with Gasteiger partial charge in [-0.1, -0.05) is 315 Å². The second-order valence-electron chi connectivity index (χ2n) is 35.6. The minimum atomic E-state index is 1.11. The van der Waals surface area contributed by atoms with Gasteiger partial charge in [0.1, 0.15) is 0 Å². The van der Waals surface area contributed by atoms with Crippen LogP contribution in [0.5, 0.6) is 0 Å². The molecule has 0 N–H and O–H groups in total. The Morgan fingerprint density at radius 2 is 0.492 bits per heavy atom. The van der Waals surface area contributed by atoms with Gasteiger partial charge in [0.15, 0.2) is 0 Å². The van der Waals surface area contributed by atoms with E-state index in [1.165, 1.54) is 275 Å². The Hall–Kier alpha value is -17.2. The molecule has 0 atom stereocenters. The van der Waals surface area contributed by atoms with Crippen LogP contribution in [0, 0.1) is 0 Å². The molecule has 2 aliphatic rings. The summed E-state index contributed by atoms with van der Waals surface area (Å²) >= 11 is 0. The number of fused-ring (bicyclic) bond motifs is 23. The molecular formula is C126H74N4. The van der Waals surface area contributed by atoms with Gasteiger partial charge in [-0.2, -0.15) is 0 Å². The van der Waals surface area contributed by atoms with Crippen LogP contribution >= 0.6 is 0 Å². The van der Waals surface area contributed by atoms with Gasteiger partial charge in [0, 0.05) is 65.2 Å². The fraction of sp³-hybridized carbons (Fsp3) is 0. The maximum atomic E-state index is 2.51. The van der Waals surface area contributed by atoms with E-state index in [1.54, 1.807) is 0 Å². The fourth-order valence-electron chi connectivity index (χ4n) is 23.2. The van der Waals surface area contributed by atoms with Crippen molar-refractivity contribution in [1.82, 2.24) is 18.3 Å². The highest BCUT2D eigenvalue weighted by atomic mass is 15.0. The fourth-order valence-corrected chi connectivity index (χ4v) is 23.2. The molecule has 2 aliphatic carbocycles.